The number of aliphatic hydroxyl groups excluding tert-OH is 1. The average Bonchev–Trinajstić information content (AvgIpc) is 2.28. The minimum Gasteiger partial charge on any atom is -0.491 e. The number of ether oxygens (including phenoxy) is 1. The minimum absolute atomic E-state index is 0.104. The summed E-state index contributed by atoms with van der Waals surface area (Å²) in [6.45, 7) is 5.47. The van der Waals surface area contributed by atoms with E-state index in [9.17, 15) is 9.90 Å². The van der Waals surface area contributed by atoms with E-state index in [2.05, 4.69) is 0 Å². The van der Waals surface area contributed by atoms with Gasteiger partial charge in [-0.15, -0.1) is 0 Å². The predicted molar refractivity (Wildman–Crippen MR) is 68.6 cm³/mol. The van der Waals surface area contributed by atoms with Crippen molar-refractivity contribution < 1.29 is 19.7 Å². The highest BCUT2D eigenvalue weighted by molar-refractivity contribution is 5.69. The van der Waals surface area contributed by atoms with Gasteiger partial charge in [0, 0.05) is 0 Å². The van der Waals surface area contributed by atoms with E-state index in [1.165, 1.54) is 0 Å². The fourth-order valence-corrected chi connectivity index (χ4v) is 1.61. The highest BCUT2D eigenvalue weighted by Gasteiger charge is 2.17. The molecule has 2 N–H and O–H groups in total. The van der Waals surface area contributed by atoms with Crippen molar-refractivity contribution in [2.24, 2.45) is 5.92 Å². The maximum Gasteiger partial charge on any atom is 0.306 e. The molecule has 1 rings (SSSR count). The zero-order valence-corrected chi connectivity index (χ0v) is 11.0. The van der Waals surface area contributed by atoms with E-state index < -0.39 is 18.0 Å². The molecule has 0 spiro atoms. The smallest absolute Gasteiger partial charge is 0.306 e. The van der Waals surface area contributed by atoms with Gasteiger partial charge in [0.15, 0.2) is 0 Å². The topological polar surface area (TPSA) is 66.8 Å². The second kappa shape index (κ2) is 6.40. The van der Waals surface area contributed by atoms with Crippen LogP contribution < -0.4 is 4.74 Å². The maximum absolute atomic E-state index is 10.7. The predicted octanol–water partition coefficient (Wildman–Crippen LogP) is 2.62. The molecule has 100 valence electrons. The van der Waals surface area contributed by atoms with Gasteiger partial charge in [0.05, 0.1) is 18.1 Å². The van der Waals surface area contributed by atoms with E-state index in [1.54, 1.807) is 31.2 Å². The number of rotatable bonds is 6. The summed E-state index contributed by atoms with van der Waals surface area (Å²) in [7, 11) is 0. The molecule has 1 aromatic rings. The van der Waals surface area contributed by atoms with Gasteiger partial charge in [-0.2, -0.15) is 0 Å². The molecule has 0 aliphatic rings. The maximum atomic E-state index is 10.7. The van der Waals surface area contributed by atoms with Crippen LogP contribution in [0.25, 0.3) is 0 Å². The summed E-state index contributed by atoms with van der Waals surface area (Å²) < 4.78 is 5.49. The summed E-state index contributed by atoms with van der Waals surface area (Å²) >= 11 is 0. The fourth-order valence-electron chi connectivity index (χ4n) is 1.61. The van der Waals surface area contributed by atoms with Gasteiger partial charge in [-0.3, -0.25) is 4.79 Å². The third-order valence-electron chi connectivity index (χ3n) is 2.64. The molecule has 0 aromatic heterocycles. The average molecular weight is 252 g/mol. The van der Waals surface area contributed by atoms with Crippen molar-refractivity contribution in [3.05, 3.63) is 29.8 Å². The Morgan fingerprint density at radius 2 is 1.78 bits per heavy atom. The van der Waals surface area contributed by atoms with Crippen LogP contribution in [0.15, 0.2) is 24.3 Å². The van der Waals surface area contributed by atoms with E-state index >= 15 is 0 Å². The lowest BCUT2D eigenvalue weighted by Gasteiger charge is -2.15. The van der Waals surface area contributed by atoms with Crippen molar-refractivity contribution in [3.63, 3.8) is 0 Å². The van der Waals surface area contributed by atoms with Crippen molar-refractivity contribution in [3.8, 4) is 5.75 Å². The van der Waals surface area contributed by atoms with Crippen LogP contribution in [0.4, 0.5) is 0 Å². The lowest BCUT2D eigenvalue weighted by molar-refractivity contribution is -0.142. The molecular weight excluding hydrogens is 232 g/mol. The lowest BCUT2D eigenvalue weighted by Crippen LogP contribution is -2.13. The summed E-state index contributed by atoms with van der Waals surface area (Å²) in [6, 6.07) is 7.09. The van der Waals surface area contributed by atoms with Crippen LogP contribution in [0.3, 0.4) is 0 Å². The second-order valence-corrected chi connectivity index (χ2v) is 4.73. The van der Waals surface area contributed by atoms with E-state index in [4.69, 9.17) is 9.84 Å². The summed E-state index contributed by atoms with van der Waals surface area (Å²) in [5, 5.41) is 18.7. The molecule has 0 fully saturated rings. The minimum atomic E-state index is -0.895. The van der Waals surface area contributed by atoms with Crippen LogP contribution in [0.5, 0.6) is 5.75 Å². The van der Waals surface area contributed by atoms with Crippen molar-refractivity contribution in [2.75, 3.05) is 0 Å². The molecule has 0 saturated carbocycles. The van der Waals surface area contributed by atoms with Crippen molar-refractivity contribution in [2.45, 2.75) is 39.4 Å². The third kappa shape index (κ3) is 4.37. The molecule has 0 bridgehead atoms. The van der Waals surface area contributed by atoms with Crippen LogP contribution in [0.1, 0.15) is 38.9 Å². The summed E-state index contributed by atoms with van der Waals surface area (Å²) in [5.74, 6) is -0.715. The highest BCUT2D eigenvalue weighted by Crippen LogP contribution is 2.23. The van der Waals surface area contributed by atoms with Gasteiger partial charge in [0.1, 0.15) is 5.75 Å². The standard InChI is InChI=1S/C14H20O4/c1-9(2)18-12-6-4-11(5-7-12)13(15)8-10(3)14(16)17/h4-7,9-10,13,15H,8H2,1-3H3,(H,16,17). The summed E-state index contributed by atoms with van der Waals surface area (Å²) in [5.41, 5.74) is 0.708. The molecule has 0 aliphatic carbocycles. The third-order valence-corrected chi connectivity index (χ3v) is 2.64. The first kappa shape index (κ1) is 14.5. The molecule has 0 radical (unpaired) electrons. The zero-order valence-electron chi connectivity index (χ0n) is 11.0. The Bertz CT molecular complexity index is 383. The number of carbonyl (C=O) groups is 1. The first-order valence-corrected chi connectivity index (χ1v) is 6.07. The van der Waals surface area contributed by atoms with Crippen LogP contribution in [-0.4, -0.2) is 22.3 Å². The Morgan fingerprint density at radius 1 is 1.22 bits per heavy atom. The van der Waals surface area contributed by atoms with Gasteiger partial charge in [-0.25, -0.2) is 0 Å². The Hall–Kier alpha value is -1.55. The molecule has 0 amide bonds. The monoisotopic (exact) mass is 252 g/mol. The number of carboxylic acid groups (broad SMARTS) is 1. The molecule has 0 heterocycles. The summed E-state index contributed by atoms with van der Waals surface area (Å²) in [6.07, 6.45) is -0.447. The Kier molecular flexibility index (Phi) is 5.16. The first-order valence-electron chi connectivity index (χ1n) is 6.07. The van der Waals surface area contributed by atoms with E-state index in [0.717, 1.165) is 5.75 Å². The second-order valence-electron chi connectivity index (χ2n) is 4.73. The Labute approximate surface area is 107 Å². The number of aliphatic carboxylic acids is 1. The Morgan fingerprint density at radius 3 is 2.22 bits per heavy atom. The number of carboxylic acids is 1. The Balaban J connectivity index is 2.64. The number of aliphatic hydroxyl groups is 1. The van der Waals surface area contributed by atoms with Crippen molar-refractivity contribution in [1.29, 1.82) is 0 Å². The van der Waals surface area contributed by atoms with Gasteiger partial charge in [-0.1, -0.05) is 19.1 Å². The zero-order chi connectivity index (χ0) is 13.7. The van der Waals surface area contributed by atoms with E-state index in [1.807, 2.05) is 13.8 Å². The molecular formula is C14H20O4. The van der Waals surface area contributed by atoms with Gasteiger partial charge in [0.25, 0.3) is 0 Å². The van der Waals surface area contributed by atoms with E-state index in [0.29, 0.717) is 5.56 Å². The van der Waals surface area contributed by atoms with Crippen LogP contribution >= 0.6 is 0 Å². The SMILES string of the molecule is CC(C)Oc1ccc(C(O)CC(C)C(=O)O)cc1. The summed E-state index contributed by atoms with van der Waals surface area (Å²) in [4.78, 5) is 10.7. The first-order chi connectivity index (χ1) is 8.40. The number of benzene rings is 1. The van der Waals surface area contributed by atoms with Gasteiger partial charge < -0.3 is 14.9 Å². The molecule has 2 unspecified atom stereocenters. The normalized spacial score (nSPS) is 14.3. The highest BCUT2D eigenvalue weighted by atomic mass is 16.5. The largest absolute Gasteiger partial charge is 0.491 e. The van der Waals surface area contributed by atoms with Crippen LogP contribution in [0.2, 0.25) is 0 Å². The van der Waals surface area contributed by atoms with E-state index in [-0.39, 0.29) is 12.5 Å². The number of hydrogen-bond acceptors (Lipinski definition) is 3. The fraction of sp³-hybridized carbons (Fsp3) is 0.500. The molecule has 1 aromatic carbocycles. The molecule has 4 nitrogen and oxygen atoms in total. The van der Waals surface area contributed by atoms with Gasteiger partial charge in [0.2, 0.25) is 0 Å². The molecule has 0 aliphatic heterocycles. The number of hydrogen-bond donors (Lipinski definition) is 2. The van der Waals surface area contributed by atoms with Gasteiger partial charge in [-0.05, 0) is 38.0 Å². The molecule has 18 heavy (non-hydrogen) atoms. The van der Waals surface area contributed by atoms with Crippen LogP contribution in [-0.2, 0) is 4.79 Å². The molecule has 2 atom stereocenters. The van der Waals surface area contributed by atoms with Crippen molar-refractivity contribution >= 4 is 5.97 Å². The van der Waals surface area contributed by atoms with Gasteiger partial charge >= 0.3 is 5.97 Å². The lowest BCUT2D eigenvalue weighted by atomic mass is 9.98. The molecule has 0 saturated heterocycles. The molecule has 4 heteroatoms. The van der Waals surface area contributed by atoms with Crippen molar-refractivity contribution in [1.82, 2.24) is 0 Å². The van der Waals surface area contributed by atoms with Crippen LogP contribution in [0, 0.1) is 5.92 Å². The quantitative estimate of drug-likeness (QED) is 0.816.